The van der Waals surface area contributed by atoms with Gasteiger partial charge >= 0.3 is 0 Å². The van der Waals surface area contributed by atoms with Gasteiger partial charge < -0.3 is 10.1 Å². The van der Waals surface area contributed by atoms with E-state index in [0.29, 0.717) is 6.61 Å². The highest BCUT2D eigenvalue weighted by Gasteiger charge is 2.33. The Morgan fingerprint density at radius 2 is 2.14 bits per heavy atom. The smallest absolute Gasteiger partial charge is 0.242 e. The molecule has 0 radical (unpaired) electrons. The minimum absolute atomic E-state index is 0.163. The predicted molar refractivity (Wildman–Crippen MR) is 75.8 cm³/mol. The lowest BCUT2D eigenvalue weighted by molar-refractivity contribution is 0.0577. The van der Waals surface area contributed by atoms with Gasteiger partial charge in [-0.15, -0.1) is 0 Å². The van der Waals surface area contributed by atoms with Crippen molar-refractivity contribution in [3.8, 4) is 0 Å². The molecule has 1 aromatic rings. The van der Waals surface area contributed by atoms with Gasteiger partial charge in [0, 0.05) is 25.3 Å². The highest BCUT2D eigenvalue weighted by molar-refractivity contribution is 7.89. The quantitative estimate of drug-likeness (QED) is 0.799. The molecule has 1 fully saturated rings. The third-order valence-electron chi connectivity index (χ3n) is 3.74. The number of nitrogens with zero attached hydrogens (tertiary/aromatic N) is 1. The Balaban J connectivity index is 2.09. The van der Waals surface area contributed by atoms with Gasteiger partial charge in [-0.25, -0.2) is 17.5 Å². The second-order valence-corrected chi connectivity index (χ2v) is 7.11. The number of sulfonamides is 1. The van der Waals surface area contributed by atoms with Gasteiger partial charge in [0.1, 0.15) is 10.7 Å². The minimum atomic E-state index is -3.77. The summed E-state index contributed by atoms with van der Waals surface area (Å²) in [5.41, 5.74) is -0.228. The number of pyridine rings is 1. The zero-order valence-corrected chi connectivity index (χ0v) is 12.7. The lowest BCUT2D eigenvalue weighted by atomic mass is 9.80. The van der Waals surface area contributed by atoms with Crippen LogP contribution in [0.5, 0.6) is 0 Å². The summed E-state index contributed by atoms with van der Waals surface area (Å²) in [6.07, 6.45) is 3.75. The van der Waals surface area contributed by atoms with Gasteiger partial charge in [-0.2, -0.15) is 0 Å². The Kier molecular flexibility index (Phi) is 5.26. The Morgan fingerprint density at radius 1 is 1.43 bits per heavy atom. The summed E-state index contributed by atoms with van der Waals surface area (Å²) in [5.74, 6) is -0.675. The van der Waals surface area contributed by atoms with E-state index in [9.17, 15) is 12.8 Å². The van der Waals surface area contributed by atoms with E-state index < -0.39 is 15.8 Å². The molecule has 21 heavy (non-hydrogen) atoms. The van der Waals surface area contributed by atoms with Crippen LogP contribution in [0.3, 0.4) is 0 Å². The van der Waals surface area contributed by atoms with Crippen LogP contribution in [0, 0.1) is 11.2 Å². The highest BCUT2D eigenvalue weighted by atomic mass is 32.2. The number of ether oxygens (including phenoxy) is 1. The zero-order valence-electron chi connectivity index (χ0n) is 11.9. The van der Waals surface area contributed by atoms with Crippen LogP contribution in [0.1, 0.15) is 12.8 Å². The molecule has 8 heteroatoms. The van der Waals surface area contributed by atoms with Crippen molar-refractivity contribution in [1.82, 2.24) is 15.0 Å². The molecule has 0 unspecified atom stereocenters. The van der Waals surface area contributed by atoms with Crippen LogP contribution in [0.2, 0.25) is 0 Å². The summed E-state index contributed by atoms with van der Waals surface area (Å²) in [4.78, 5) is 3.41. The van der Waals surface area contributed by atoms with Gasteiger partial charge in [-0.3, -0.25) is 4.98 Å². The number of piperidine rings is 1. The molecule has 0 aromatic carbocycles. The first kappa shape index (κ1) is 16.3. The molecule has 0 spiro atoms. The maximum absolute atomic E-state index is 13.1. The van der Waals surface area contributed by atoms with Gasteiger partial charge in [-0.05, 0) is 32.0 Å². The maximum atomic E-state index is 13.1. The number of nitrogens with one attached hydrogen (secondary N) is 2. The average Bonchev–Trinajstić information content (AvgIpc) is 2.47. The molecule has 0 aliphatic carbocycles. The summed E-state index contributed by atoms with van der Waals surface area (Å²) in [6, 6.07) is 0.959. The third-order valence-corrected chi connectivity index (χ3v) is 5.11. The van der Waals surface area contributed by atoms with Crippen LogP contribution in [0.15, 0.2) is 23.4 Å². The van der Waals surface area contributed by atoms with Crippen molar-refractivity contribution < 1.29 is 17.5 Å². The van der Waals surface area contributed by atoms with E-state index in [1.165, 1.54) is 0 Å². The first-order chi connectivity index (χ1) is 9.97. The monoisotopic (exact) mass is 317 g/mol. The minimum Gasteiger partial charge on any atom is -0.384 e. The Labute approximate surface area is 124 Å². The van der Waals surface area contributed by atoms with Crippen molar-refractivity contribution in [3.63, 3.8) is 0 Å². The van der Waals surface area contributed by atoms with E-state index in [0.717, 1.165) is 44.4 Å². The third kappa shape index (κ3) is 4.19. The second-order valence-electron chi connectivity index (χ2n) is 5.35. The number of halogens is 1. The summed E-state index contributed by atoms with van der Waals surface area (Å²) in [5, 5.41) is 3.24. The van der Waals surface area contributed by atoms with E-state index in [1.54, 1.807) is 7.11 Å². The van der Waals surface area contributed by atoms with Gasteiger partial charge in [0.05, 0.1) is 12.8 Å². The van der Waals surface area contributed by atoms with E-state index in [-0.39, 0.29) is 16.9 Å². The maximum Gasteiger partial charge on any atom is 0.242 e. The zero-order chi connectivity index (χ0) is 15.3. The fourth-order valence-corrected chi connectivity index (χ4v) is 3.64. The predicted octanol–water partition coefficient (Wildman–Crippen LogP) is 0.515. The van der Waals surface area contributed by atoms with E-state index in [4.69, 9.17) is 4.74 Å². The van der Waals surface area contributed by atoms with Gasteiger partial charge in [-0.1, -0.05) is 0 Å². The molecular weight excluding hydrogens is 297 g/mol. The van der Waals surface area contributed by atoms with Crippen LogP contribution in [-0.2, 0) is 14.8 Å². The molecule has 1 aromatic heterocycles. The molecule has 6 nitrogen and oxygen atoms in total. The highest BCUT2D eigenvalue weighted by Crippen LogP contribution is 2.28. The fraction of sp³-hybridized carbons (Fsp3) is 0.615. The molecular formula is C13H20FN3O3S. The summed E-state index contributed by atoms with van der Waals surface area (Å²) in [6.45, 7) is 2.40. The fourth-order valence-electron chi connectivity index (χ4n) is 2.51. The molecule has 0 saturated carbocycles. The number of hydrogen-bond acceptors (Lipinski definition) is 5. The van der Waals surface area contributed by atoms with Crippen LogP contribution >= 0.6 is 0 Å². The van der Waals surface area contributed by atoms with Crippen molar-refractivity contribution in [3.05, 3.63) is 24.3 Å². The molecule has 2 heterocycles. The Hall–Kier alpha value is -1.09. The van der Waals surface area contributed by atoms with Crippen LogP contribution in [-0.4, -0.2) is 46.8 Å². The van der Waals surface area contributed by atoms with E-state index in [2.05, 4.69) is 15.0 Å². The molecule has 1 aliphatic rings. The van der Waals surface area contributed by atoms with Crippen LogP contribution in [0.25, 0.3) is 0 Å². The van der Waals surface area contributed by atoms with Gasteiger partial charge in [0.15, 0.2) is 0 Å². The number of rotatable bonds is 6. The lowest BCUT2D eigenvalue weighted by Gasteiger charge is -2.37. The molecule has 0 amide bonds. The normalized spacial score (nSPS) is 18.6. The van der Waals surface area contributed by atoms with Crippen molar-refractivity contribution >= 4 is 10.0 Å². The summed E-state index contributed by atoms with van der Waals surface area (Å²) in [7, 11) is -2.16. The standard InChI is InChI=1S/C13H20FN3O3S/c1-20-10-13(2-4-15-5-3-13)9-17-21(18,19)12-6-11(14)7-16-8-12/h6-8,15,17H,2-5,9-10H2,1H3. The van der Waals surface area contributed by atoms with Gasteiger partial charge in [0.2, 0.25) is 10.0 Å². The Morgan fingerprint density at radius 3 is 2.76 bits per heavy atom. The Bertz CT molecular complexity index is 568. The van der Waals surface area contributed by atoms with Gasteiger partial charge in [0.25, 0.3) is 0 Å². The molecule has 1 saturated heterocycles. The van der Waals surface area contributed by atoms with E-state index >= 15 is 0 Å². The largest absolute Gasteiger partial charge is 0.384 e. The molecule has 2 N–H and O–H groups in total. The van der Waals surface area contributed by atoms with E-state index in [1.807, 2.05) is 0 Å². The molecule has 1 aliphatic heterocycles. The van der Waals surface area contributed by atoms with Crippen LogP contribution in [0.4, 0.5) is 4.39 Å². The summed E-state index contributed by atoms with van der Waals surface area (Å²) >= 11 is 0. The SMILES string of the molecule is COCC1(CNS(=O)(=O)c2cncc(F)c2)CCNCC1. The molecule has 2 rings (SSSR count). The molecule has 0 atom stereocenters. The first-order valence-electron chi connectivity index (χ1n) is 6.77. The van der Waals surface area contributed by atoms with Crippen molar-refractivity contribution in [2.24, 2.45) is 5.41 Å². The van der Waals surface area contributed by atoms with Crippen LogP contribution < -0.4 is 10.0 Å². The molecule has 118 valence electrons. The number of methoxy groups -OCH3 is 1. The second kappa shape index (κ2) is 6.78. The first-order valence-corrected chi connectivity index (χ1v) is 8.26. The number of aromatic nitrogens is 1. The average molecular weight is 317 g/mol. The summed E-state index contributed by atoms with van der Waals surface area (Å²) < 4.78 is 45.3. The lowest BCUT2D eigenvalue weighted by Crippen LogP contribution is -2.47. The molecule has 0 bridgehead atoms. The van der Waals surface area contributed by atoms with Crippen molar-refractivity contribution in [2.45, 2.75) is 17.7 Å². The number of hydrogen-bond donors (Lipinski definition) is 2. The topological polar surface area (TPSA) is 80.3 Å². The van der Waals surface area contributed by atoms with Crippen molar-refractivity contribution in [1.29, 1.82) is 0 Å². The van der Waals surface area contributed by atoms with Crippen molar-refractivity contribution in [2.75, 3.05) is 33.4 Å².